The van der Waals surface area contributed by atoms with Gasteiger partial charge >= 0.3 is 0 Å². The van der Waals surface area contributed by atoms with Crippen molar-refractivity contribution in [3.8, 4) is 6.07 Å². The van der Waals surface area contributed by atoms with E-state index in [4.69, 9.17) is 5.26 Å². The van der Waals surface area contributed by atoms with Gasteiger partial charge in [-0.2, -0.15) is 5.26 Å². The van der Waals surface area contributed by atoms with Crippen molar-refractivity contribution in [2.24, 2.45) is 0 Å². The minimum absolute atomic E-state index is 0.0960. The van der Waals surface area contributed by atoms with E-state index in [2.05, 4.69) is 43.1 Å². The smallest absolute Gasteiger partial charge is 0.228 e. The zero-order valence-corrected chi connectivity index (χ0v) is 12.7. The van der Waals surface area contributed by atoms with Crippen molar-refractivity contribution in [1.82, 2.24) is 4.90 Å². The Morgan fingerprint density at radius 2 is 2.29 bits per heavy atom. The van der Waals surface area contributed by atoms with Crippen LogP contribution in [0.3, 0.4) is 0 Å². The van der Waals surface area contributed by atoms with Gasteiger partial charge in [0.25, 0.3) is 0 Å². The van der Waals surface area contributed by atoms with E-state index in [0.717, 1.165) is 25.2 Å². The quantitative estimate of drug-likeness (QED) is 0.837. The summed E-state index contributed by atoms with van der Waals surface area (Å²) in [5, 5.41) is 8.73. The summed E-state index contributed by atoms with van der Waals surface area (Å²) in [6.07, 6.45) is 1.63. The lowest BCUT2D eigenvalue weighted by atomic mass is 9.89. The van der Waals surface area contributed by atoms with Gasteiger partial charge < -0.3 is 9.80 Å². The number of anilines is 1. The van der Waals surface area contributed by atoms with Crippen LogP contribution in [-0.4, -0.2) is 37.0 Å². The van der Waals surface area contributed by atoms with Gasteiger partial charge in [-0.05, 0) is 38.6 Å². The van der Waals surface area contributed by atoms with Crippen molar-refractivity contribution in [3.05, 3.63) is 29.3 Å². The lowest BCUT2D eigenvalue weighted by Gasteiger charge is -2.36. The number of benzene rings is 1. The molecule has 2 heterocycles. The van der Waals surface area contributed by atoms with Gasteiger partial charge in [0.1, 0.15) is 0 Å². The molecule has 0 aromatic heterocycles. The number of carbonyl (C=O) groups is 1. The van der Waals surface area contributed by atoms with Crippen LogP contribution in [0.5, 0.6) is 0 Å². The van der Waals surface area contributed by atoms with Crippen LogP contribution in [0.2, 0.25) is 0 Å². The highest BCUT2D eigenvalue weighted by Gasteiger charge is 2.43. The second kappa shape index (κ2) is 5.50. The Labute approximate surface area is 126 Å². The molecule has 2 atom stereocenters. The first-order valence-electron chi connectivity index (χ1n) is 7.60. The Bertz CT molecular complexity index is 605. The molecule has 2 unspecified atom stereocenters. The van der Waals surface area contributed by atoms with Gasteiger partial charge in [0.05, 0.1) is 6.07 Å². The fourth-order valence-electron chi connectivity index (χ4n) is 3.69. The molecule has 0 aliphatic carbocycles. The molecule has 1 saturated heterocycles. The Morgan fingerprint density at radius 3 is 3.05 bits per heavy atom. The van der Waals surface area contributed by atoms with Crippen molar-refractivity contribution in [1.29, 1.82) is 5.26 Å². The zero-order valence-electron chi connectivity index (χ0n) is 12.7. The normalized spacial score (nSPS) is 24.3. The average molecular weight is 283 g/mol. The second-order valence-electron chi connectivity index (χ2n) is 6.21. The van der Waals surface area contributed by atoms with Gasteiger partial charge in [-0.1, -0.05) is 17.7 Å². The van der Waals surface area contributed by atoms with Crippen molar-refractivity contribution >= 4 is 11.6 Å². The van der Waals surface area contributed by atoms with Crippen molar-refractivity contribution in [2.75, 3.05) is 25.0 Å². The third kappa shape index (κ3) is 2.43. The van der Waals surface area contributed by atoms with Crippen LogP contribution in [0.1, 0.15) is 36.3 Å². The molecule has 0 N–H and O–H groups in total. The van der Waals surface area contributed by atoms with Crippen molar-refractivity contribution in [3.63, 3.8) is 0 Å². The molecule has 4 heteroatoms. The molecule has 0 spiro atoms. The van der Waals surface area contributed by atoms with E-state index in [1.165, 1.54) is 11.1 Å². The van der Waals surface area contributed by atoms with E-state index in [0.29, 0.717) is 18.8 Å². The molecule has 1 aromatic rings. The van der Waals surface area contributed by atoms with Crippen LogP contribution < -0.4 is 4.90 Å². The molecule has 2 aliphatic heterocycles. The highest BCUT2D eigenvalue weighted by Crippen LogP contribution is 2.45. The van der Waals surface area contributed by atoms with Crippen LogP contribution in [0.4, 0.5) is 5.69 Å². The third-order valence-electron chi connectivity index (χ3n) is 4.67. The Balaban J connectivity index is 1.97. The molecule has 1 aromatic carbocycles. The number of piperidine rings is 1. The zero-order chi connectivity index (χ0) is 15.0. The maximum Gasteiger partial charge on any atom is 0.228 e. The molecule has 0 radical (unpaired) electrons. The number of hydrogen-bond acceptors (Lipinski definition) is 3. The van der Waals surface area contributed by atoms with Gasteiger partial charge in [-0.3, -0.25) is 4.79 Å². The molecular formula is C17H21N3O. The number of rotatable bonds is 2. The van der Waals surface area contributed by atoms with Crippen molar-refractivity contribution < 1.29 is 4.79 Å². The Morgan fingerprint density at radius 1 is 1.48 bits per heavy atom. The van der Waals surface area contributed by atoms with Crippen LogP contribution in [0, 0.1) is 18.3 Å². The lowest BCUT2D eigenvalue weighted by molar-refractivity contribution is -0.119. The topological polar surface area (TPSA) is 47.3 Å². The number of nitriles is 1. The summed E-state index contributed by atoms with van der Waals surface area (Å²) in [4.78, 5) is 16.9. The summed E-state index contributed by atoms with van der Waals surface area (Å²) in [6, 6.07) is 8.72. The Kier molecular flexibility index (Phi) is 3.69. The van der Waals surface area contributed by atoms with E-state index >= 15 is 0 Å². The predicted molar refractivity (Wildman–Crippen MR) is 82.2 cm³/mol. The SMILES string of the molecule is Cc1ccc2c(c1)C1CN(C)CCC1N2C(=O)CCC#N. The molecule has 2 aliphatic rings. The summed E-state index contributed by atoms with van der Waals surface area (Å²) in [5.41, 5.74) is 3.61. The maximum absolute atomic E-state index is 12.5. The number of nitrogens with zero attached hydrogens (tertiary/aromatic N) is 3. The number of fused-ring (bicyclic) bond motifs is 3. The predicted octanol–water partition coefficient (Wildman–Crippen LogP) is 2.43. The number of aryl methyl sites for hydroxylation is 1. The Hall–Kier alpha value is -1.86. The van der Waals surface area contributed by atoms with Gasteiger partial charge in [0.2, 0.25) is 5.91 Å². The lowest BCUT2D eigenvalue weighted by Crippen LogP contribution is -2.47. The van der Waals surface area contributed by atoms with Crippen LogP contribution in [0.25, 0.3) is 0 Å². The molecular weight excluding hydrogens is 262 g/mol. The molecule has 3 rings (SSSR count). The first-order valence-corrected chi connectivity index (χ1v) is 7.60. The number of likely N-dealkylation sites (tertiary alicyclic amines) is 1. The van der Waals surface area contributed by atoms with Gasteiger partial charge in [-0.15, -0.1) is 0 Å². The summed E-state index contributed by atoms with van der Waals surface area (Å²) in [6.45, 7) is 4.13. The van der Waals surface area contributed by atoms with E-state index in [1.807, 2.05) is 4.90 Å². The summed E-state index contributed by atoms with van der Waals surface area (Å²) in [5.74, 6) is 0.503. The van der Waals surface area contributed by atoms with E-state index in [1.54, 1.807) is 0 Å². The maximum atomic E-state index is 12.5. The first kappa shape index (κ1) is 14.1. The largest absolute Gasteiger partial charge is 0.308 e. The fraction of sp³-hybridized carbons (Fsp3) is 0.529. The van der Waals surface area contributed by atoms with E-state index in [9.17, 15) is 4.79 Å². The molecule has 0 saturated carbocycles. The van der Waals surface area contributed by atoms with Gasteiger partial charge in [-0.25, -0.2) is 0 Å². The number of amides is 1. The average Bonchev–Trinajstić information content (AvgIpc) is 2.78. The fourth-order valence-corrected chi connectivity index (χ4v) is 3.69. The minimum atomic E-state index is 0.0960. The van der Waals surface area contributed by atoms with E-state index < -0.39 is 0 Å². The summed E-state index contributed by atoms with van der Waals surface area (Å²) < 4.78 is 0. The standard InChI is InChI=1S/C17H21N3O/c1-12-5-6-15-13(10-12)14-11-19(2)9-7-16(14)20(15)17(21)4-3-8-18/h5-6,10,14,16H,3-4,7,9,11H2,1-2H3. The summed E-state index contributed by atoms with van der Waals surface area (Å²) >= 11 is 0. The number of likely N-dealkylation sites (N-methyl/N-ethyl adjacent to an activating group) is 1. The highest BCUT2D eigenvalue weighted by molar-refractivity contribution is 5.97. The summed E-state index contributed by atoms with van der Waals surface area (Å²) in [7, 11) is 2.14. The highest BCUT2D eigenvalue weighted by atomic mass is 16.2. The monoisotopic (exact) mass is 283 g/mol. The minimum Gasteiger partial charge on any atom is -0.308 e. The van der Waals surface area contributed by atoms with Gasteiger partial charge in [0.15, 0.2) is 0 Å². The van der Waals surface area contributed by atoms with Crippen molar-refractivity contribution in [2.45, 2.75) is 38.1 Å². The molecule has 110 valence electrons. The number of hydrogen-bond donors (Lipinski definition) is 0. The molecule has 0 bridgehead atoms. The number of carbonyl (C=O) groups excluding carboxylic acids is 1. The van der Waals surface area contributed by atoms with Crippen LogP contribution >= 0.6 is 0 Å². The molecule has 1 amide bonds. The molecule has 1 fully saturated rings. The van der Waals surface area contributed by atoms with Crippen LogP contribution in [-0.2, 0) is 4.79 Å². The van der Waals surface area contributed by atoms with Crippen LogP contribution in [0.15, 0.2) is 18.2 Å². The second-order valence-corrected chi connectivity index (χ2v) is 6.21. The van der Waals surface area contributed by atoms with Gasteiger partial charge in [0, 0.05) is 37.0 Å². The molecule has 21 heavy (non-hydrogen) atoms. The third-order valence-corrected chi connectivity index (χ3v) is 4.67. The molecule has 4 nitrogen and oxygen atoms in total. The van der Waals surface area contributed by atoms with E-state index in [-0.39, 0.29) is 11.9 Å². The first-order chi connectivity index (χ1) is 10.1.